The van der Waals surface area contributed by atoms with Gasteiger partial charge in [-0.25, -0.2) is 0 Å². The molecule has 2 rings (SSSR count). The molecular weight excluding hydrogens is 440 g/mol. The second-order valence-corrected chi connectivity index (χ2v) is 8.20. The summed E-state index contributed by atoms with van der Waals surface area (Å²) in [6.45, 7) is 9.61. The van der Waals surface area contributed by atoms with Crippen LogP contribution in [0.15, 0.2) is 42.5 Å². The standard InChI is InChI=1S/C26H35ClN2O4/c1-5-16-28-26(31)19(4)29(18-21-8-12-22(27)13-9-21)25(30)15-11-20-10-14-23(32-6-2)24(17-20)33-7-3/h8-10,12-14,17,19H,5-7,11,15-16,18H2,1-4H3,(H,28,31)/t19-/m0/s1. The highest BCUT2D eigenvalue weighted by atomic mass is 35.5. The van der Waals surface area contributed by atoms with E-state index < -0.39 is 6.04 Å². The van der Waals surface area contributed by atoms with Crippen LogP contribution < -0.4 is 14.8 Å². The third-order valence-corrected chi connectivity index (χ3v) is 5.47. The average Bonchev–Trinajstić information content (AvgIpc) is 2.81. The minimum Gasteiger partial charge on any atom is -0.490 e. The number of amides is 2. The predicted molar refractivity (Wildman–Crippen MR) is 132 cm³/mol. The van der Waals surface area contributed by atoms with E-state index in [0.29, 0.717) is 49.2 Å². The van der Waals surface area contributed by atoms with Crippen molar-refractivity contribution >= 4 is 23.4 Å². The average molecular weight is 475 g/mol. The number of hydrogen-bond donors (Lipinski definition) is 1. The van der Waals surface area contributed by atoms with Gasteiger partial charge in [-0.2, -0.15) is 0 Å². The molecule has 0 bridgehead atoms. The van der Waals surface area contributed by atoms with Crippen molar-refractivity contribution in [3.05, 3.63) is 58.6 Å². The molecule has 1 N–H and O–H groups in total. The Morgan fingerprint density at radius 1 is 0.970 bits per heavy atom. The maximum Gasteiger partial charge on any atom is 0.242 e. The molecule has 0 aromatic heterocycles. The second-order valence-electron chi connectivity index (χ2n) is 7.76. The van der Waals surface area contributed by atoms with Crippen LogP contribution >= 0.6 is 11.6 Å². The number of halogens is 1. The van der Waals surface area contributed by atoms with Crippen molar-refractivity contribution in [3.8, 4) is 11.5 Å². The molecule has 0 unspecified atom stereocenters. The van der Waals surface area contributed by atoms with Gasteiger partial charge in [0.1, 0.15) is 6.04 Å². The first kappa shape index (κ1) is 26.5. The van der Waals surface area contributed by atoms with Gasteiger partial charge in [0.25, 0.3) is 0 Å². The molecule has 0 heterocycles. The van der Waals surface area contributed by atoms with E-state index in [2.05, 4.69) is 5.32 Å². The van der Waals surface area contributed by atoms with Crippen molar-refractivity contribution in [2.45, 2.75) is 59.5 Å². The fraction of sp³-hybridized carbons (Fsp3) is 0.462. The molecule has 0 fully saturated rings. The number of benzene rings is 2. The molecule has 0 saturated carbocycles. The lowest BCUT2D eigenvalue weighted by Gasteiger charge is -2.29. The molecule has 0 spiro atoms. The summed E-state index contributed by atoms with van der Waals surface area (Å²) in [5, 5.41) is 3.52. The number of aryl methyl sites for hydroxylation is 1. The zero-order valence-corrected chi connectivity index (χ0v) is 20.8. The van der Waals surface area contributed by atoms with Crippen LogP contribution in [0.25, 0.3) is 0 Å². The molecule has 2 amide bonds. The van der Waals surface area contributed by atoms with Crippen molar-refractivity contribution in [1.29, 1.82) is 0 Å². The molecule has 0 aliphatic carbocycles. The van der Waals surface area contributed by atoms with Gasteiger partial charge < -0.3 is 19.7 Å². The normalized spacial score (nSPS) is 11.5. The molecular formula is C26H35ClN2O4. The number of carbonyl (C=O) groups excluding carboxylic acids is 2. The molecule has 180 valence electrons. The van der Waals surface area contributed by atoms with Crippen molar-refractivity contribution in [2.24, 2.45) is 0 Å². The second kappa shape index (κ2) is 13.7. The van der Waals surface area contributed by atoms with E-state index in [0.717, 1.165) is 17.5 Å². The van der Waals surface area contributed by atoms with Gasteiger partial charge in [0, 0.05) is 24.5 Å². The van der Waals surface area contributed by atoms with E-state index in [-0.39, 0.29) is 18.2 Å². The van der Waals surface area contributed by atoms with Crippen LogP contribution in [0.1, 0.15) is 51.7 Å². The van der Waals surface area contributed by atoms with Crippen LogP contribution in [0, 0.1) is 0 Å². The number of hydrogen-bond acceptors (Lipinski definition) is 4. The Morgan fingerprint density at radius 3 is 2.24 bits per heavy atom. The molecule has 0 aliphatic rings. The third-order valence-electron chi connectivity index (χ3n) is 5.22. The highest BCUT2D eigenvalue weighted by Gasteiger charge is 2.25. The molecule has 0 saturated heterocycles. The molecule has 0 radical (unpaired) electrons. The Kier molecular flexibility index (Phi) is 11.0. The summed E-state index contributed by atoms with van der Waals surface area (Å²) in [6, 6.07) is 12.5. The lowest BCUT2D eigenvalue weighted by atomic mass is 10.1. The number of nitrogens with one attached hydrogen (secondary N) is 1. The van der Waals surface area contributed by atoms with Gasteiger partial charge in [-0.1, -0.05) is 36.7 Å². The molecule has 7 heteroatoms. The molecule has 6 nitrogen and oxygen atoms in total. The highest BCUT2D eigenvalue weighted by Crippen LogP contribution is 2.29. The number of carbonyl (C=O) groups is 2. The largest absolute Gasteiger partial charge is 0.490 e. The number of rotatable bonds is 13. The van der Waals surface area contributed by atoms with E-state index in [4.69, 9.17) is 21.1 Å². The van der Waals surface area contributed by atoms with Crippen LogP contribution in [-0.2, 0) is 22.6 Å². The Bertz CT molecular complexity index is 902. The first-order chi connectivity index (χ1) is 15.9. The summed E-state index contributed by atoms with van der Waals surface area (Å²) in [4.78, 5) is 27.5. The third kappa shape index (κ3) is 8.28. The van der Waals surface area contributed by atoms with Gasteiger partial charge in [-0.15, -0.1) is 0 Å². The zero-order chi connectivity index (χ0) is 24.2. The van der Waals surface area contributed by atoms with Crippen LogP contribution in [-0.4, -0.2) is 42.5 Å². The van der Waals surface area contributed by atoms with Gasteiger partial charge in [0.2, 0.25) is 11.8 Å². The molecule has 0 aliphatic heterocycles. The minimum atomic E-state index is -0.584. The first-order valence-corrected chi connectivity index (χ1v) is 12.0. The summed E-state index contributed by atoms with van der Waals surface area (Å²) >= 11 is 6.00. The summed E-state index contributed by atoms with van der Waals surface area (Å²) in [6.07, 6.45) is 1.65. The van der Waals surface area contributed by atoms with Gasteiger partial charge in [0.05, 0.1) is 13.2 Å². The lowest BCUT2D eigenvalue weighted by molar-refractivity contribution is -0.140. The predicted octanol–water partition coefficient (Wildman–Crippen LogP) is 5.01. The molecule has 2 aromatic carbocycles. The van der Waals surface area contributed by atoms with Crippen molar-refractivity contribution in [3.63, 3.8) is 0 Å². The Morgan fingerprint density at radius 2 is 1.61 bits per heavy atom. The van der Waals surface area contributed by atoms with E-state index in [1.807, 2.05) is 51.1 Å². The Balaban J connectivity index is 2.15. The highest BCUT2D eigenvalue weighted by molar-refractivity contribution is 6.30. The quantitative estimate of drug-likeness (QED) is 0.443. The van der Waals surface area contributed by atoms with Crippen LogP contribution in [0.3, 0.4) is 0 Å². The molecule has 1 atom stereocenters. The number of nitrogens with zero attached hydrogens (tertiary/aromatic N) is 1. The molecule has 2 aromatic rings. The summed E-state index contributed by atoms with van der Waals surface area (Å²) in [5.74, 6) is 1.13. The van der Waals surface area contributed by atoms with Crippen LogP contribution in [0.2, 0.25) is 5.02 Å². The lowest BCUT2D eigenvalue weighted by Crippen LogP contribution is -2.47. The van der Waals surface area contributed by atoms with Crippen molar-refractivity contribution in [2.75, 3.05) is 19.8 Å². The van der Waals surface area contributed by atoms with E-state index in [9.17, 15) is 9.59 Å². The van der Waals surface area contributed by atoms with E-state index in [1.54, 1.807) is 24.0 Å². The Hall–Kier alpha value is -2.73. The van der Waals surface area contributed by atoms with Gasteiger partial charge in [-0.05, 0) is 69.0 Å². The summed E-state index contributed by atoms with van der Waals surface area (Å²) in [7, 11) is 0. The molecule has 33 heavy (non-hydrogen) atoms. The maximum atomic E-state index is 13.3. The van der Waals surface area contributed by atoms with Crippen LogP contribution in [0.4, 0.5) is 0 Å². The fourth-order valence-electron chi connectivity index (χ4n) is 3.41. The van der Waals surface area contributed by atoms with Crippen molar-refractivity contribution in [1.82, 2.24) is 10.2 Å². The summed E-state index contributed by atoms with van der Waals surface area (Å²) < 4.78 is 11.3. The number of ether oxygens (including phenoxy) is 2. The topological polar surface area (TPSA) is 67.9 Å². The van der Waals surface area contributed by atoms with Crippen molar-refractivity contribution < 1.29 is 19.1 Å². The minimum absolute atomic E-state index is 0.0871. The fourth-order valence-corrected chi connectivity index (χ4v) is 3.54. The maximum absolute atomic E-state index is 13.3. The zero-order valence-electron chi connectivity index (χ0n) is 20.0. The monoisotopic (exact) mass is 474 g/mol. The van der Waals surface area contributed by atoms with Gasteiger partial charge in [-0.3, -0.25) is 9.59 Å². The van der Waals surface area contributed by atoms with E-state index >= 15 is 0 Å². The first-order valence-electron chi connectivity index (χ1n) is 11.6. The van der Waals surface area contributed by atoms with Gasteiger partial charge >= 0.3 is 0 Å². The van der Waals surface area contributed by atoms with Crippen LogP contribution in [0.5, 0.6) is 11.5 Å². The summed E-state index contributed by atoms with van der Waals surface area (Å²) in [5.41, 5.74) is 1.90. The van der Waals surface area contributed by atoms with E-state index in [1.165, 1.54) is 0 Å². The Labute approximate surface area is 202 Å². The smallest absolute Gasteiger partial charge is 0.242 e. The van der Waals surface area contributed by atoms with Gasteiger partial charge in [0.15, 0.2) is 11.5 Å². The SMILES string of the molecule is CCCNC(=O)[C@H](C)N(Cc1ccc(Cl)cc1)C(=O)CCc1ccc(OCC)c(OCC)c1.